The molecule has 1 aromatic carbocycles. The van der Waals surface area contributed by atoms with Crippen molar-refractivity contribution in [2.24, 2.45) is 0 Å². The molecule has 1 rings (SSSR count). The van der Waals surface area contributed by atoms with Gasteiger partial charge in [-0.15, -0.1) is 0 Å². The van der Waals surface area contributed by atoms with Gasteiger partial charge < -0.3 is 0 Å². The fourth-order valence-corrected chi connectivity index (χ4v) is 4.99. The molecule has 0 amide bonds. The fourth-order valence-electron chi connectivity index (χ4n) is 2.21. The first-order valence-corrected chi connectivity index (χ1v) is 8.94. The summed E-state index contributed by atoms with van der Waals surface area (Å²) in [5, 5.41) is 0. The molecule has 0 N–H and O–H groups in total. The van der Waals surface area contributed by atoms with Crippen molar-refractivity contribution in [1.82, 2.24) is 0 Å². The van der Waals surface area contributed by atoms with E-state index in [0.717, 1.165) is 12.8 Å². The van der Waals surface area contributed by atoms with Crippen LogP contribution in [0.4, 0.5) is 4.39 Å². The number of methoxy groups -OCH3 is 1. The van der Waals surface area contributed by atoms with Gasteiger partial charge in [0.2, 0.25) is 0 Å². The van der Waals surface area contributed by atoms with Crippen molar-refractivity contribution < 1.29 is 9.13 Å². The van der Waals surface area contributed by atoms with Gasteiger partial charge in [0, 0.05) is 0 Å². The molecule has 3 heteroatoms. The Morgan fingerprint density at radius 3 is 2.32 bits per heavy atom. The van der Waals surface area contributed by atoms with Crippen LogP contribution in [0, 0.1) is 0 Å². The Labute approximate surface area is 123 Å². The van der Waals surface area contributed by atoms with E-state index in [1.54, 1.807) is 7.11 Å². The molecule has 0 aromatic heterocycles. The summed E-state index contributed by atoms with van der Waals surface area (Å²) in [5.74, 6) is 0. The molecule has 3 atom stereocenters. The van der Waals surface area contributed by atoms with Crippen LogP contribution in [0.1, 0.15) is 51.7 Å². The van der Waals surface area contributed by atoms with E-state index in [2.05, 4.69) is 32.0 Å². The molecule has 0 fully saturated rings. The summed E-state index contributed by atoms with van der Waals surface area (Å²) in [6.07, 6.45) is 1.93. The number of halogens is 1. The van der Waals surface area contributed by atoms with E-state index in [1.165, 1.54) is 10.0 Å². The number of alkyl halides is 1. The van der Waals surface area contributed by atoms with Crippen molar-refractivity contribution in [1.29, 1.82) is 0 Å². The van der Waals surface area contributed by atoms with E-state index >= 15 is 0 Å². The van der Waals surface area contributed by atoms with Gasteiger partial charge >= 0.3 is 123 Å². The first kappa shape index (κ1) is 16.7. The van der Waals surface area contributed by atoms with Crippen LogP contribution in [-0.2, 0) is 4.74 Å². The molecule has 0 aliphatic carbocycles. The van der Waals surface area contributed by atoms with Crippen molar-refractivity contribution in [3.05, 3.63) is 29.8 Å². The summed E-state index contributed by atoms with van der Waals surface area (Å²) in [5.41, 5.74) is 1.24. The Balaban J connectivity index is 2.93. The van der Waals surface area contributed by atoms with Gasteiger partial charge in [-0.25, -0.2) is 0 Å². The molecule has 0 saturated carbocycles. The third-order valence-corrected chi connectivity index (χ3v) is 6.66. The molecule has 0 saturated heterocycles. The van der Waals surface area contributed by atoms with E-state index < -0.39 is 6.17 Å². The zero-order valence-electron chi connectivity index (χ0n) is 12.4. The minimum atomic E-state index is -0.680. The van der Waals surface area contributed by atoms with Gasteiger partial charge in [0.05, 0.1) is 0 Å². The first-order chi connectivity index (χ1) is 9.17. The molecule has 0 radical (unpaired) electrons. The molecule has 1 unspecified atom stereocenters. The zero-order chi connectivity index (χ0) is 14.3. The fraction of sp³-hybridized carbons (Fsp3) is 0.625. The van der Waals surface area contributed by atoms with Crippen LogP contribution in [0.3, 0.4) is 0 Å². The zero-order valence-corrected chi connectivity index (χ0v) is 14.1. The summed E-state index contributed by atoms with van der Waals surface area (Å²) in [6, 6.07) is 8.36. The number of benzene rings is 1. The standard InChI is InChI=1S/C16H25FOSe/c1-5-13(17)15(7-3)19-16-11-9-8-10-12(16)14(6-2)18-4/h8-11,13-15H,5-7H2,1-4H3/t13-,14?,15+/m1/s1. The van der Waals surface area contributed by atoms with Crippen molar-refractivity contribution in [3.63, 3.8) is 0 Å². The second-order valence-electron chi connectivity index (χ2n) is 4.66. The van der Waals surface area contributed by atoms with Crippen molar-refractivity contribution in [3.8, 4) is 0 Å². The summed E-state index contributed by atoms with van der Waals surface area (Å²) in [4.78, 5) is 0.174. The van der Waals surface area contributed by atoms with Crippen LogP contribution in [-0.4, -0.2) is 28.2 Å². The van der Waals surface area contributed by atoms with Gasteiger partial charge in [-0.3, -0.25) is 0 Å². The molecule has 108 valence electrons. The molecule has 0 aliphatic rings. The van der Waals surface area contributed by atoms with Crippen LogP contribution in [0.2, 0.25) is 4.82 Å². The van der Waals surface area contributed by atoms with Crippen molar-refractivity contribution in [2.75, 3.05) is 7.11 Å². The minimum absolute atomic E-state index is 0.135. The van der Waals surface area contributed by atoms with Gasteiger partial charge in [-0.1, -0.05) is 0 Å². The molecule has 1 nitrogen and oxygen atoms in total. The van der Waals surface area contributed by atoms with Gasteiger partial charge in [-0.05, 0) is 0 Å². The summed E-state index contributed by atoms with van der Waals surface area (Å²) >= 11 is 0.173. The van der Waals surface area contributed by atoms with Gasteiger partial charge in [0.1, 0.15) is 0 Å². The van der Waals surface area contributed by atoms with Gasteiger partial charge in [0.25, 0.3) is 0 Å². The molecular weight excluding hydrogens is 306 g/mol. The Kier molecular flexibility index (Phi) is 7.67. The van der Waals surface area contributed by atoms with Crippen molar-refractivity contribution in [2.45, 2.75) is 57.1 Å². The normalized spacial score (nSPS) is 16.1. The molecule has 19 heavy (non-hydrogen) atoms. The second kappa shape index (κ2) is 8.73. The number of rotatable bonds is 8. The summed E-state index contributed by atoms with van der Waals surface area (Å²) < 4.78 is 20.8. The van der Waals surface area contributed by atoms with Crippen LogP contribution >= 0.6 is 0 Å². The predicted octanol–water partition coefficient (Wildman–Crippen LogP) is 4.06. The number of hydrogen-bond acceptors (Lipinski definition) is 1. The SMILES string of the molecule is CCC(OC)c1ccccc1[Se][C@@H](CC)[C@H](F)CC. The quantitative estimate of drug-likeness (QED) is 0.653. The molecule has 0 spiro atoms. The Morgan fingerprint density at radius 2 is 1.79 bits per heavy atom. The topological polar surface area (TPSA) is 9.23 Å². The van der Waals surface area contributed by atoms with Crippen LogP contribution in [0.25, 0.3) is 0 Å². The predicted molar refractivity (Wildman–Crippen MR) is 81.1 cm³/mol. The van der Waals surface area contributed by atoms with Gasteiger partial charge in [-0.2, -0.15) is 0 Å². The monoisotopic (exact) mass is 332 g/mol. The van der Waals surface area contributed by atoms with Crippen molar-refractivity contribution >= 4 is 19.4 Å². The van der Waals surface area contributed by atoms with E-state index in [0.29, 0.717) is 6.42 Å². The number of ether oxygens (including phenoxy) is 1. The summed E-state index contributed by atoms with van der Waals surface area (Å²) in [7, 11) is 1.75. The van der Waals surface area contributed by atoms with E-state index in [9.17, 15) is 4.39 Å². The third kappa shape index (κ3) is 4.59. The molecule has 1 aromatic rings. The maximum absolute atomic E-state index is 14.0. The van der Waals surface area contributed by atoms with E-state index in [1.807, 2.05) is 13.0 Å². The van der Waals surface area contributed by atoms with E-state index in [-0.39, 0.29) is 25.9 Å². The van der Waals surface area contributed by atoms with Crippen LogP contribution < -0.4 is 4.46 Å². The Hall–Kier alpha value is -0.371. The second-order valence-corrected chi connectivity index (χ2v) is 7.35. The Bertz CT molecular complexity index is 366. The van der Waals surface area contributed by atoms with Crippen LogP contribution in [0.15, 0.2) is 24.3 Å². The Morgan fingerprint density at radius 1 is 1.11 bits per heavy atom. The number of hydrogen-bond donors (Lipinski definition) is 0. The average molecular weight is 331 g/mol. The van der Waals surface area contributed by atoms with E-state index in [4.69, 9.17) is 4.74 Å². The maximum atomic E-state index is 14.0. The molecular formula is C16H25FOSe. The first-order valence-electron chi connectivity index (χ1n) is 7.10. The average Bonchev–Trinajstić information content (AvgIpc) is 2.46. The van der Waals surface area contributed by atoms with Crippen LogP contribution in [0.5, 0.6) is 0 Å². The molecule has 0 heterocycles. The molecule has 0 bridgehead atoms. The van der Waals surface area contributed by atoms with Gasteiger partial charge in [0.15, 0.2) is 0 Å². The molecule has 0 aliphatic heterocycles. The summed E-state index contributed by atoms with van der Waals surface area (Å²) in [6.45, 7) is 6.14. The third-order valence-electron chi connectivity index (χ3n) is 3.40.